The van der Waals surface area contributed by atoms with Crippen LogP contribution in [-0.2, 0) is 19.1 Å². The van der Waals surface area contributed by atoms with Gasteiger partial charge in [-0.1, -0.05) is 0 Å². The highest BCUT2D eigenvalue weighted by Gasteiger charge is 2.24. The van der Waals surface area contributed by atoms with Gasteiger partial charge < -0.3 is 24.7 Å². The van der Waals surface area contributed by atoms with Crippen LogP contribution in [0.5, 0.6) is 0 Å². The van der Waals surface area contributed by atoms with Crippen molar-refractivity contribution in [1.82, 2.24) is 5.32 Å². The molecule has 0 saturated heterocycles. The minimum Gasteiger partial charge on any atom is -0.481 e. The van der Waals surface area contributed by atoms with Crippen LogP contribution in [0.15, 0.2) is 0 Å². The summed E-state index contributed by atoms with van der Waals surface area (Å²) in [5, 5.41) is 19.8. The number of rotatable bonds is 10. The van der Waals surface area contributed by atoms with Crippen LogP contribution in [-0.4, -0.2) is 79.5 Å². The van der Waals surface area contributed by atoms with E-state index >= 15 is 0 Å². The first-order valence-electron chi connectivity index (χ1n) is 6.24. The molecule has 0 aromatic heterocycles. The molecule has 3 N–H and O–H groups in total. The largest absolute Gasteiger partial charge is 0.481 e. The van der Waals surface area contributed by atoms with Crippen molar-refractivity contribution < 1.29 is 33.8 Å². The van der Waals surface area contributed by atoms with Crippen LogP contribution < -0.4 is 5.32 Å². The highest BCUT2D eigenvalue weighted by molar-refractivity contribution is 5.72. The number of likely N-dealkylation sites (N-methyl/N-ethyl adjacent to an activating group) is 1. The van der Waals surface area contributed by atoms with E-state index in [1.54, 1.807) is 0 Å². The highest BCUT2D eigenvalue weighted by atomic mass is 16.5. The fraction of sp³-hybridized carbons (Fsp3) is 0.750. The second-order valence-electron chi connectivity index (χ2n) is 5.50. The molecule has 0 unspecified atom stereocenters. The maximum Gasteiger partial charge on any atom is 0.317 e. The number of hydrogen-bond acceptors (Lipinski definition) is 5. The molecule has 0 aliphatic heterocycles. The van der Waals surface area contributed by atoms with E-state index < -0.39 is 24.0 Å². The third kappa shape index (κ3) is 11.4. The summed E-state index contributed by atoms with van der Waals surface area (Å²) in [6.07, 6.45) is -0.941. The summed E-state index contributed by atoms with van der Waals surface area (Å²) in [6, 6.07) is 0. The molecule has 0 amide bonds. The van der Waals surface area contributed by atoms with Crippen molar-refractivity contribution in [2.45, 2.75) is 18.9 Å². The number of carboxylic acid groups (broad SMARTS) is 2. The van der Waals surface area contributed by atoms with Crippen molar-refractivity contribution in [3.8, 4) is 0 Å². The number of carboxylic acids is 2. The number of carbonyl (C=O) groups is 3. The molecule has 0 aliphatic rings. The van der Waals surface area contributed by atoms with Crippen molar-refractivity contribution in [2.24, 2.45) is 0 Å². The second kappa shape index (κ2) is 8.49. The predicted molar refractivity (Wildman–Crippen MR) is 70.2 cm³/mol. The topological polar surface area (TPSA) is 113 Å². The smallest absolute Gasteiger partial charge is 0.317 e. The van der Waals surface area contributed by atoms with E-state index in [1.165, 1.54) is 0 Å². The Morgan fingerprint density at radius 3 is 2.20 bits per heavy atom. The molecule has 8 nitrogen and oxygen atoms in total. The zero-order valence-corrected chi connectivity index (χ0v) is 12.1. The van der Waals surface area contributed by atoms with E-state index in [2.05, 4.69) is 5.32 Å². The Bertz CT molecular complexity index is 350. The van der Waals surface area contributed by atoms with E-state index in [0.29, 0.717) is 11.0 Å². The predicted octanol–water partition coefficient (Wildman–Crippen LogP) is -0.857. The van der Waals surface area contributed by atoms with Crippen molar-refractivity contribution >= 4 is 17.9 Å². The average Bonchev–Trinajstić information content (AvgIpc) is 2.20. The molecule has 8 heteroatoms. The molecule has 20 heavy (non-hydrogen) atoms. The Balaban J connectivity index is 4.18. The quantitative estimate of drug-likeness (QED) is 0.273. The van der Waals surface area contributed by atoms with Crippen molar-refractivity contribution in [3.63, 3.8) is 0 Å². The summed E-state index contributed by atoms with van der Waals surface area (Å²) in [6.45, 7) is 0.334. The third-order valence-corrected chi connectivity index (χ3v) is 2.23. The zero-order chi connectivity index (χ0) is 15.8. The summed E-state index contributed by atoms with van der Waals surface area (Å²) in [7, 11) is 5.62. The maximum atomic E-state index is 11.6. The van der Waals surface area contributed by atoms with Crippen molar-refractivity contribution in [2.75, 3.05) is 40.8 Å². The average molecular weight is 291 g/mol. The lowest BCUT2D eigenvalue weighted by atomic mass is 10.2. The Hall–Kier alpha value is -1.67. The van der Waals surface area contributed by atoms with Crippen LogP contribution >= 0.6 is 0 Å². The van der Waals surface area contributed by atoms with Crippen LogP contribution in [0.2, 0.25) is 0 Å². The lowest BCUT2D eigenvalue weighted by Crippen LogP contribution is -2.44. The SMILES string of the molecule is C[N+](C)(C)C[C@@H](CC(=O)O)OC(=O)CCNCC(=O)O. The summed E-state index contributed by atoms with van der Waals surface area (Å²) < 4.78 is 5.60. The van der Waals surface area contributed by atoms with E-state index in [-0.39, 0.29) is 25.9 Å². The van der Waals surface area contributed by atoms with Gasteiger partial charge in [-0.15, -0.1) is 0 Å². The fourth-order valence-corrected chi connectivity index (χ4v) is 1.58. The highest BCUT2D eigenvalue weighted by Crippen LogP contribution is 2.06. The molecule has 0 aromatic carbocycles. The number of ether oxygens (including phenoxy) is 1. The maximum absolute atomic E-state index is 11.6. The van der Waals surface area contributed by atoms with Gasteiger partial charge in [0.15, 0.2) is 6.10 Å². The number of esters is 1. The minimum atomic E-state index is -1.03. The number of hydrogen-bond donors (Lipinski definition) is 3. The van der Waals surface area contributed by atoms with Crippen LogP contribution in [0.3, 0.4) is 0 Å². The second-order valence-corrected chi connectivity index (χ2v) is 5.50. The van der Waals surface area contributed by atoms with Crippen LogP contribution in [0, 0.1) is 0 Å². The Labute approximate surface area is 117 Å². The monoisotopic (exact) mass is 291 g/mol. The molecule has 0 aliphatic carbocycles. The molecule has 0 radical (unpaired) electrons. The first-order chi connectivity index (χ1) is 9.10. The van der Waals surface area contributed by atoms with Gasteiger partial charge in [0.25, 0.3) is 0 Å². The summed E-state index contributed by atoms with van der Waals surface area (Å²) >= 11 is 0. The molecule has 1 atom stereocenters. The van der Waals surface area contributed by atoms with Gasteiger partial charge in [0.05, 0.1) is 40.5 Å². The Morgan fingerprint density at radius 2 is 1.75 bits per heavy atom. The minimum absolute atomic E-state index is 0.000538. The molecular weight excluding hydrogens is 268 g/mol. The summed E-state index contributed by atoms with van der Waals surface area (Å²) in [5.41, 5.74) is 0. The normalized spacial score (nSPS) is 12.8. The van der Waals surface area contributed by atoms with Crippen LogP contribution in [0.1, 0.15) is 12.8 Å². The van der Waals surface area contributed by atoms with Gasteiger partial charge in [-0.3, -0.25) is 14.4 Å². The fourth-order valence-electron chi connectivity index (χ4n) is 1.58. The van der Waals surface area contributed by atoms with Crippen LogP contribution in [0.4, 0.5) is 0 Å². The molecule has 0 saturated carbocycles. The number of nitrogens with one attached hydrogen (secondary N) is 1. The number of quaternary nitrogens is 1. The van der Waals surface area contributed by atoms with E-state index in [9.17, 15) is 14.4 Å². The van der Waals surface area contributed by atoms with E-state index in [1.807, 2.05) is 21.1 Å². The van der Waals surface area contributed by atoms with Crippen molar-refractivity contribution in [1.29, 1.82) is 0 Å². The zero-order valence-electron chi connectivity index (χ0n) is 12.1. The van der Waals surface area contributed by atoms with Gasteiger partial charge in [-0.25, -0.2) is 0 Å². The lowest BCUT2D eigenvalue weighted by Gasteiger charge is -2.28. The van der Waals surface area contributed by atoms with E-state index in [4.69, 9.17) is 14.9 Å². The Kier molecular flexibility index (Phi) is 7.78. The molecule has 0 fully saturated rings. The van der Waals surface area contributed by atoms with Crippen LogP contribution in [0.25, 0.3) is 0 Å². The molecule has 0 spiro atoms. The Morgan fingerprint density at radius 1 is 1.15 bits per heavy atom. The summed E-state index contributed by atoms with van der Waals surface area (Å²) in [5.74, 6) is -2.57. The summed E-state index contributed by atoms with van der Waals surface area (Å²) in [4.78, 5) is 32.5. The molecule has 0 heterocycles. The third-order valence-electron chi connectivity index (χ3n) is 2.23. The molecule has 0 rings (SSSR count). The lowest BCUT2D eigenvalue weighted by molar-refractivity contribution is -0.873. The van der Waals surface area contributed by atoms with Crippen molar-refractivity contribution in [3.05, 3.63) is 0 Å². The standard InChI is InChI=1S/C12H22N2O6/c1-14(2,3)8-9(6-10(15)16)20-12(19)4-5-13-7-11(17)18/h9,13H,4-8H2,1-3H3,(H-,15,16,17,18)/p+1/t9-/m1/s1. The molecule has 0 aromatic rings. The first kappa shape index (κ1) is 18.3. The van der Waals surface area contributed by atoms with Gasteiger partial charge >= 0.3 is 17.9 Å². The van der Waals surface area contributed by atoms with Gasteiger partial charge in [-0.2, -0.15) is 0 Å². The number of nitrogens with zero attached hydrogens (tertiary/aromatic N) is 1. The molecule has 0 bridgehead atoms. The number of aliphatic carboxylic acids is 2. The van der Waals surface area contributed by atoms with Gasteiger partial charge in [-0.05, 0) is 0 Å². The van der Waals surface area contributed by atoms with Gasteiger partial charge in [0.2, 0.25) is 0 Å². The van der Waals surface area contributed by atoms with Gasteiger partial charge in [0, 0.05) is 6.54 Å². The van der Waals surface area contributed by atoms with E-state index in [0.717, 1.165) is 0 Å². The first-order valence-corrected chi connectivity index (χ1v) is 6.24. The number of carbonyl (C=O) groups excluding carboxylic acids is 1. The molecular formula is C12H23N2O6+. The molecule has 116 valence electrons. The van der Waals surface area contributed by atoms with Gasteiger partial charge in [0.1, 0.15) is 6.54 Å².